The zero-order valence-electron chi connectivity index (χ0n) is 22.0. The minimum Gasteiger partial charge on any atom is -0.543 e. The van der Waals surface area contributed by atoms with Gasteiger partial charge >= 0.3 is 41.6 Å². The number of amides is 6. The van der Waals surface area contributed by atoms with Gasteiger partial charge in [-0.2, -0.15) is 0 Å². The van der Waals surface area contributed by atoms with Gasteiger partial charge in [0.05, 0.1) is 18.1 Å². The quantitative estimate of drug-likeness (QED) is 0.162. The van der Waals surface area contributed by atoms with Crippen molar-refractivity contribution in [3.05, 3.63) is 46.1 Å². The van der Waals surface area contributed by atoms with E-state index in [1.54, 1.807) is 24.3 Å². The van der Waals surface area contributed by atoms with Crippen molar-refractivity contribution in [2.24, 2.45) is 0 Å². The Morgan fingerprint density at radius 1 is 1.20 bits per heavy atom. The summed E-state index contributed by atoms with van der Waals surface area (Å²) in [4.78, 5) is 63.9. The predicted octanol–water partition coefficient (Wildman–Crippen LogP) is -2.61. The van der Waals surface area contributed by atoms with Crippen LogP contribution in [0.1, 0.15) is 10.6 Å². The van der Waals surface area contributed by atoms with Crippen molar-refractivity contribution in [2.45, 2.75) is 29.1 Å². The van der Waals surface area contributed by atoms with Gasteiger partial charge in [-0.25, -0.2) is 14.5 Å². The van der Waals surface area contributed by atoms with Gasteiger partial charge in [-0.3, -0.25) is 14.5 Å². The topological polar surface area (TPSA) is 177 Å². The summed E-state index contributed by atoms with van der Waals surface area (Å²) in [5.74, 6) is -1.81. The molecule has 3 N–H and O–H groups in total. The van der Waals surface area contributed by atoms with Crippen molar-refractivity contribution in [1.82, 2.24) is 30.6 Å². The van der Waals surface area contributed by atoms with Crippen LogP contribution < -0.4 is 50.6 Å². The Morgan fingerprint density at radius 2 is 1.93 bits per heavy atom. The second kappa shape index (κ2) is 13.8. The largest absolute Gasteiger partial charge is 1.00 e. The summed E-state index contributed by atoms with van der Waals surface area (Å²) in [5, 5.41) is 27.8. The van der Waals surface area contributed by atoms with Crippen LogP contribution in [0.5, 0.6) is 0 Å². The maximum Gasteiger partial charge on any atom is 1.00 e. The molecule has 1 aromatic heterocycles. The molecule has 2 aromatic rings. The molecule has 13 nitrogen and oxygen atoms in total. The number of para-hydroxylation sites is 1. The third-order valence-electron chi connectivity index (χ3n) is 5.87. The molecule has 0 bridgehead atoms. The van der Waals surface area contributed by atoms with Gasteiger partial charge in [-0.1, -0.05) is 41.3 Å². The number of aliphatic carboxylic acids is 1. The number of benzene rings is 1. The summed E-state index contributed by atoms with van der Waals surface area (Å²) in [5.41, 5.74) is 1.17. The van der Waals surface area contributed by atoms with Gasteiger partial charge in [0.1, 0.15) is 16.4 Å². The molecule has 0 saturated carbocycles. The number of carboxylic acids is 1. The molecule has 4 rings (SSSR count). The Balaban J connectivity index is 0.00000441. The minimum absolute atomic E-state index is 0. The summed E-state index contributed by atoms with van der Waals surface area (Å²) in [7, 11) is 2.69. The van der Waals surface area contributed by atoms with Gasteiger partial charge in [0.25, 0.3) is 5.91 Å². The first-order chi connectivity index (χ1) is 18.6. The van der Waals surface area contributed by atoms with E-state index in [0.717, 1.165) is 9.91 Å². The van der Waals surface area contributed by atoms with Gasteiger partial charge in [0, 0.05) is 31.3 Å². The molecule has 1 saturated heterocycles. The maximum atomic E-state index is 12.9. The third kappa shape index (κ3) is 6.98. The molecule has 3 heterocycles. The first kappa shape index (κ1) is 31.9. The summed E-state index contributed by atoms with van der Waals surface area (Å²) >= 11 is 4.09. The molecule has 6 amide bonds. The average molecular weight is 614 g/mol. The number of aryl methyl sites for hydroxylation is 1. The smallest absolute Gasteiger partial charge is 0.543 e. The second-order valence-corrected chi connectivity index (χ2v) is 12.0. The Bertz CT molecular complexity index is 1370. The van der Waals surface area contributed by atoms with E-state index in [1.165, 1.54) is 53.9 Å². The number of β-lactam (4-membered cyclic amide) rings is 1. The number of nitrogens with one attached hydrogen (secondary N) is 3. The van der Waals surface area contributed by atoms with Crippen LogP contribution in [0.4, 0.5) is 15.3 Å². The van der Waals surface area contributed by atoms with Crippen molar-refractivity contribution in [1.29, 1.82) is 0 Å². The van der Waals surface area contributed by atoms with E-state index in [4.69, 9.17) is 0 Å². The Hall–Kier alpha value is -2.63. The molecule has 206 valence electrons. The molecule has 2 unspecified atom stereocenters. The van der Waals surface area contributed by atoms with Crippen LogP contribution in [0, 0.1) is 6.92 Å². The van der Waals surface area contributed by atoms with E-state index in [2.05, 4.69) is 26.1 Å². The monoisotopic (exact) mass is 613 g/mol. The summed E-state index contributed by atoms with van der Waals surface area (Å²) in [6.45, 7) is 1.82. The standard InChI is InChI=1S/C23H25N7O6S3.Na/c1-11-27-28-23(39-11)38-10-13-9-37-19-16(18(32)30(19)17(13)20(33)34)26-15(31)8-12-6-4-5-7-14(12)25-22(36)29(3)21(35)24-2;/h4-7,16,19H,8-10H2,1-3H3,(H,24,35)(H,25,36)(H,26,31)(H,33,34);/q;+1/p-1. The van der Waals surface area contributed by atoms with E-state index in [9.17, 15) is 29.1 Å². The number of carboxylic acid groups (broad SMARTS) is 1. The second-order valence-electron chi connectivity index (χ2n) is 8.45. The molecule has 1 fully saturated rings. The fraction of sp³-hybridized carbons (Fsp3) is 0.348. The van der Waals surface area contributed by atoms with Gasteiger partial charge in [0.15, 0.2) is 4.34 Å². The normalized spacial score (nSPS) is 17.7. The molecule has 0 spiro atoms. The number of hydrogen-bond acceptors (Lipinski definition) is 11. The number of rotatable bonds is 8. The summed E-state index contributed by atoms with van der Waals surface area (Å²) < 4.78 is 0.696. The van der Waals surface area contributed by atoms with Crippen LogP contribution in [0.2, 0.25) is 0 Å². The van der Waals surface area contributed by atoms with Crippen LogP contribution in [0.3, 0.4) is 0 Å². The number of fused-ring (bicyclic) bond motifs is 1. The van der Waals surface area contributed by atoms with Crippen LogP contribution in [-0.2, 0) is 20.8 Å². The van der Waals surface area contributed by atoms with Crippen molar-refractivity contribution in [3.8, 4) is 0 Å². The Morgan fingerprint density at radius 3 is 2.58 bits per heavy atom. The summed E-state index contributed by atoms with van der Waals surface area (Å²) in [6, 6.07) is 4.37. The Kier molecular flexibility index (Phi) is 11.0. The van der Waals surface area contributed by atoms with Gasteiger partial charge in [0.2, 0.25) is 5.91 Å². The molecular weight excluding hydrogens is 589 g/mol. The zero-order valence-corrected chi connectivity index (χ0v) is 26.5. The molecule has 0 radical (unpaired) electrons. The van der Waals surface area contributed by atoms with E-state index in [0.29, 0.717) is 32.7 Å². The number of hydrogen-bond donors (Lipinski definition) is 3. The van der Waals surface area contributed by atoms with Gasteiger partial charge in [-0.05, 0) is 24.1 Å². The number of nitrogens with zero attached hydrogens (tertiary/aromatic N) is 4. The first-order valence-corrected chi connectivity index (χ1v) is 14.4. The number of thioether (sulfide) groups is 2. The number of anilines is 1. The predicted molar refractivity (Wildman–Crippen MR) is 144 cm³/mol. The number of aromatic nitrogens is 2. The minimum atomic E-state index is -1.45. The Labute approximate surface area is 264 Å². The molecule has 17 heteroatoms. The zero-order chi connectivity index (χ0) is 28.3. The molecule has 0 aliphatic carbocycles. The van der Waals surface area contributed by atoms with E-state index < -0.39 is 41.3 Å². The van der Waals surface area contributed by atoms with Crippen LogP contribution in [0.25, 0.3) is 0 Å². The molecular formula is C23H24N7NaO6S3. The van der Waals surface area contributed by atoms with Crippen LogP contribution in [0.15, 0.2) is 39.9 Å². The van der Waals surface area contributed by atoms with E-state index in [-0.39, 0.29) is 41.7 Å². The van der Waals surface area contributed by atoms with Crippen molar-refractivity contribution < 1.29 is 58.6 Å². The number of carbonyl (C=O) groups excluding carboxylic acids is 5. The fourth-order valence-corrected chi connectivity index (χ4v) is 7.22. The third-order valence-corrected chi connectivity index (χ3v) is 9.27. The molecule has 2 aliphatic rings. The number of urea groups is 2. The first-order valence-electron chi connectivity index (χ1n) is 11.5. The number of carbonyl (C=O) groups is 5. The molecule has 1 aromatic carbocycles. The van der Waals surface area contributed by atoms with Crippen molar-refractivity contribution >= 4 is 70.4 Å². The molecule has 40 heavy (non-hydrogen) atoms. The van der Waals surface area contributed by atoms with Crippen molar-refractivity contribution in [3.63, 3.8) is 0 Å². The van der Waals surface area contributed by atoms with Crippen LogP contribution >= 0.6 is 34.9 Å². The number of imide groups is 1. The molecule has 2 atom stereocenters. The summed E-state index contributed by atoms with van der Waals surface area (Å²) in [6.07, 6.45) is -0.159. The van der Waals surface area contributed by atoms with E-state index >= 15 is 0 Å². The van der Waals surface area contributed by atoms with Gasteiger partial charge in [-0.15, -0.1) is 22.0 Å². The SMILES string of the molecule is CNC(=O)N(C)C(=O)Nc1ccccc1CC(=O)NC1C(=O)N2C(C(=O)[O-])=C(CSc3nnc(C)s3)CSC12.[Na+]. The maximum absolute atomic E-state index is 12.9. The van der Waals surface area contributed by atoms with E-state index in [1.807, 2.05) is 6.92 Å². The van der Waals surface area contributed by atoms with Crippen LogP contribution in [-0.4, -0.2) is 86.9 Å². The fourth-order valence-electron chi connectivity index (χ4n) is 3.92. The average Bonchev–Trinajstić information content (AvgIpc) is 3.34. The molecule has 2 aliphatic heterocycles. The van der Waals surface area contributed by atoms with Crippen molar-refractivity contribution in [2.75, 3.05) is 30.9 Å². The van der Waals surface area contributed by atoms with Gasteiger partial charge < -0.3 is 25.9 Å².